The molecule has 2 aliphatic heterocycles. The molecule has 0 aliphatic carbocycles. The fourth-order valence-electron chi connectivity index (χ4n) is 2.80. The molecule has 1 amide bonds. The van der Waals surface area contributed by atoms with Crippen molar-refractivity contribution in [1.82, 2.24) is 0 Å². The van der Waals surface area contributed by atoms with Crippen LogP contribution in [0.3, 0.4) is 0 Å². The molecule has 2 aliphatic rings. The van der Waals surface area contributed by atoms with Gasteiger partial charge in [-0.2, -0.15) is 0 Å². The zero-order valence-electron chi connectivity index (χ0n) is 13.4. The molecule has 0 N–H and O–H groups in total. The van der Waals surface area contributed by atoms with Crippen LogP contribution in [0.25, 0.3) is 5.57 Å². The smallest absolute Gasteiger partial charge is 0.413 e. The highest BCUT2D eigenvalue weighted by Crippen LogP contribution is 2.36. The molecule has 0 saturated carbocycles. The van der Waals surface area contributed by atoms with Crippen molar-refractivity contribution in [2.75, 3.05) is 25.2 Å². The number of rotatable bonds is 3. The molecule has 0 atom stereocenters. The number of aliphatic imine (C=N–C) groups is 1. The molecule has 0 saturated heterocycles. The standard InChI is InChI=1S/C18H20N2O3/c1-3-20(18(21)22-2)15-6-7-17-16(12-15)13(8-10-23-17)11-14-5-4-9-19-14/h5-7,9,11-12H,3-4,8,10H2,1-2H3/b13-11+. The van der Waals surface area contributed by atoms with E-state index >= 15 is 0 Å². The van der Waals surface area contributed by atoms with Crippen molar-refractivity contribution in [1.29, 1.82) is 0 Å². The summed E-state index contributed by atoms with van der Waals surface area (Å²) in [5, 5.41) is 0. The summed E-state index contributed by atoms with van der Waals surface area (Å²) in [5.41, 5.74) is 3.98. The lowest BCUT2D eigenvalue weighted by Crippen LogP contribution is -2.30. The minimum Gasteiger partial charge on any atom is -0.493 e. The quantitative estimate of drug-likeness (QED) is 0.853. The predicted octanol–water partition coefficient (Wildman–Crippen LogP) is 3.80. The van der Waals surface area contributed by atoms with Gasteiger partial charge in [0, 0.05) is 36.9 Å². The molecule has 3 rings (SSSR count). The lowest BCUT2D eigenvalue weighted by atomic mass is 9.98. The number of benzene rings is 1. The first kappa shape index (κ1) is 15.3. The Bertz CT molecular complexity index is 704. The minimum atomic E-state index is -0.363. The normalized spacial score (nSPS) is 17.5. The van der Waals surface area contributed by atoms with Gasteiger partial charge in [0.15, 0.2) is 0 Å². The number of ether oxygens (including phenoxy) is 2. The fraction of sp³-hybridized carbons (Fsp3) is 0.333. The van der Waals surface area contributed by atoms with Gasteiger partial charge in [-0.3, -0.25) is 9.89 Å². The molecular formula is C18H20N2O3. The van der Waals surface area contributed by atoms with Crippen molar-refractivity contribution in [3.63, 3.8) is 0 Å². The number of hydrogen-bond acceptors (Lipinski definition) is 4. The average molecular weight is 312 g/mol. The number of fused-ring (bicyclic) bond motifs is 1. The van der Waals surface area contributed by atoms with Gasteiger partial charge < -0.3 is 9.47 Å². The maximum atomic E-state index is 11.9. The third kappa shape index (κ3) is 3.13. The summed E-state index contributed by atoms with van der Waals surface area (Å²) in [5.74, 6) is 0.842. The number of amides is 1. The van der Waals surface area contributed by atoms with Gasteiger partial charge in [-0.15, -0.1) is 0 Å². The molecule has 1 aromatic rings. The Labute approximate surface area is 135 Å². The van der Waals surface area contributed by atoms with E-state index in [4.69, 9.17) is 9.47 Å². The highest BCUT2D eigenvalue weighted by atomic mass is 16.5. The highest BCUT2D eigenvalue weighted by molar-refractivity contribution is 5.89. The third-order valence-electron chi connectivity index (χ3n) is 3.96. The van der Waals surface area contributed by atoms with Crippen LogP contribution in [0.4, 0.5) is 10.5 Å². The summed E-state index contributed by atoms with van der Waals surface area (Å²) < 4.78 is 10.6. The first-order chi connectivity index (χ1) is 11.2. The highest BCUT2D eigenvalue weighted by Gasteiger charge is 2.20. The average Bonchev–Trinajstić information content (AvgIpc) is 3.09. The van der Waals surface area contributed by atoms with E-state index in [9.17, 15) is 4.79 Å². The van der Waals surface area contributed by atoms with Crippen LogP contribution in [0, 0.1) is 0 Å². The molecular weight excluding hydrogens is 292 g/mol. The van der Waals surface area contributed by atoms with Crippen LogP contribution in [-0.2, 0) is 4.74 Å². The largest absolute Gasteiger partial charge is 0.493 e. The van der Waals surface area contributed by atoms with Gasteiger partial charge in [-0.05, 0) is 36.8 Å². The second-order valence-corrected chi connectivity index (χ2v) is 5.34. The lowest BCUT2D eigenvalue weighted by molar-refractivity contribution is 0.179. The van der Waals surface area contributed by atoms with E-state index in [-0.39, 0.29) is 6.09 Å². The second-order valence-electron chi connectivity index (χ2n) is 5.34. The van der Waals surface area contributed by atoms with Crippen LogP contribution in [0.1, 0.15) is 25.3 Å². The Balaban J connectivity index is 1.99. The molecule has 2 heterocycles. The molecule has 0 unspecified atom stereocenters. The van der Waals surface area contributed by atoms with Crippen molar-refractivity contribution in [3.05, 3.63) is 41.6 Å². The van der Waals surface area contributed by atoms with E-state index in [0.717, 1.165) is 35.5 Å². The molecule has 5 heteroatoms. The molecule has 0 aromatic heterocycles. The number of hydrogen-bond donors (Lipinski definition) is 0. The van der Waals surface area contributed by atoms with Gasteiger partial charge in [0.1, 0.15) is 5.75 Å². The first-order valence-corrected chi connectivity index (χ1v) is 7.79. The van der Waals surface area contributed by atoms with Crippen LogP contribution in [0.15, 0.2) is 41.0 Å². The molecule has 5 nitrogen and oxygen atoms in total. The number of anilines is 1. The zero-order chi connectivity index (χ0) is 16.2. The summed E-state index contributed by atoms with van der Waals surface area (Å²) in [6, 6.07) is 5.78. The molecule has 120 valence electrons. The monoisotopic (exact) mass is 312 g/mol. The van der Waals surface area contributed by atoms with Crippen molar-refractivity contribution < 1.29 is 14.3 Å². The zero-order valence-corrected chi connectivity index (χ0v) is 13.4. The maximum Gasteiger partial charge on any atom is 0.413 e. The summed E-state index contributed by atoms with van der Waals surface area (Å²) in [7, 11) is 1.39. The van der Waals surface area contributed by atoms with E-state index < -0.39 is 0 Å². The summed E-state index contributed by atoms with van der Waals surface area (Å²) in [6.07, 6.45) is 7.45. The Morgan fingerprint density at radius 1 is 1.48 bits per heavy atom. The van der Waals surface area contributed by atoms with Gasteiger partial charge in [0.25, 0.3) is 0 Å². The Hall–Kier alpha value is -2.56. The number of methoxy groups -OCH3 is 1. The van der Waals surface area contributed by atoms with E-state index in [2.05, 4.69) is 17.1 Å². The van der Waals surface area contributed by atoms with E-state index in [1.54, 1.807) is 4.90 Å². The number of allylic oxidation sites excluding steroid dienone is 2. The minimum absolute atomic E-state index is 0.363. The number of nitrogens with zero attached hydrogens (tertiary/aromatic N) is 2. The fourth-order valence-corrected chi connectivity index (χ4v) is 2.80. The van der Waals surface area contributed by atoms with Crippen LogP contribution in [0.2, 0.25) is 0 Å². The lowest BCUT2D eigenvalue weighted by Gasteiger charge is -2.24. The number of carbonyl (C=O) groups excluding carboxylic acids is 1. The maximum absolute atomic E-state index is 11.9. The van der Waals surface area contributed by atoms with Gasteiger partial charge in [0.05, 0.1) is 19.4 Å². The topological polar surface area (TPSA) is 51.1 Å². The SMILES string of the molecule is CCN(C(=O)OC)c1ccc2c(c1)/C(=C/C1=CCC=N1)CCO2. The van der Waals surface area contributed by atoms with Crippen LogP contribution in [0.5, 0.6) is 5.75 Å². The van der Waals surface area contributed by atoms with Crippen LogP contribution < -0.4 is 9.64 Å². The van der Waals surface area contributed by atoms with Crippen LogP contribution >= 0.6 is 0 Å². The van der Waals surface area contributed by atoms with Crippen molar-refractivity contribution in [2.45, 2.75) is 19.8 Å². The Morgan fingerprint density at radius 2 is 2.35 bits per heavy atom. The summed E-state index contributed by atoms with van der Waals surface area (Å²) in [4.78, 5) is 17.9. The van der Waals surface area contributed by atoms with Crippen molar-refractivity contribution >= 4 is 23.6 Å². The molecule has 0 bridgehead atoms. The predicted molar refractivity (Wildman–Crippen MR) is 91.1 cm³/mol. The van der Waals surface area contributed by atoms with E-state index in [1.807, 2.05) is 31.3 Å². The van der Waals surface area contributed by atoms with E-state index in [1.165, 1.54) is 12.7 Å². The van der Waals surface area contributed by atoms with Crippen molar-refractivity contribution in [2.24, 2.45) is 4.99 Å². The number of carbonyl (C=O) groups is 1. The summed E-state index contributed by atoms with van der Waals surface area (Å²) in [6.45, 7) is 3.12. The van der Waals surface area contributed by atoms with Gasteiger partial charge >= 0.3 is 6.09 Å². The first-order valence-electron chi connectivity index (χ1n) is 7.79. The molecule has 1 aromatic carbocycles. The Kier molecular flexibility index (Phi) is 4.46. The van der Waals surface area contributed by atoms with Crippen LogP contribution in [-0.4, -0.2) is 32.6 Å². The molecule has 23 heavy (non-hydrogen) atoms. The van der Waals surface area contributed by atoms with Gasteiger partial charge in [-0.1, -0.05) is 6.08 Å². The third-order valence-corrected chi connectivity index (χ3v) is 3.96. The molecule has 0 fully saturated rings. The molecule has 0 spiro atoms. The van der Waals surface area contributed by atoms with E-state index in [0.29, 0.717) is 13.2 Å². The summed E-state index contributed by atoms with van der Waals surface area (Å²) >= 11 is 0. The second kappa shape index (κ2) is 6.69. The van der Waals surface area contributed by atoms with Crippen molar-refractivity contribution in [3.8, 4) is 5.75 Å². The van der Waals surface area contributed by atoms with Gasteiger partial charge in [-0.25, -0.2) is 4.79 Å². The molecule has 0 radical (unpaired) electrons. The Morgan fingerprint density at radius 3 is 3.04 bits per heavy atom. The van der Waals surface area contributed by atoms with Gasteiger partial charge in [0.2, 0.25) is 0 Å².